The van der Waals surface area contributed by atoms with Gasteiger partial charge in [-0.3, -0.25) is 0 Å². The van der Waals surface area contributed by atoms with Crippen LogP contribution in [0, 0.1) is 0 Å². The lowest BCUT2D eigenvalue weighted by Crippen LogP contribution is -2.35. The van der Waals surface area contributed by atoms with E-state index in [0.29, 0.717) is 24.6 Å². The Balaban J connectivity index is 1.90. The fourth-order valence-electron chi connectivity index (χ4n) is 3.46. The first-order valence-corrected chi connectivity index (χ1v) is 10.5. The zero-order chi connectivity index (χ0) is 21.8. The van der Waals surface area contributed by atoms with E-state index >= 15 is 0 Å². The number of hydrogen-bond acceptors (Lipinski definition) is 4. The summed E-state index contributed by atoms with van der Waals surface area (Å²) in [6.07, 6.45) is 0. The molecule has 2 aromatic rings. The van der Waals surface area contributed by atoms with Crippen molar-refractivity contribution in [2.75, 3.05) is 6.54 Å². The SMILES string of the molecule is C[C@@H](CNCc1cccc(C(C)(C)C)c1O)NCc1cccc(C(C)(C)C)c1O. The first-order chi connectivity index (χ1) is 13.4. The standard InChI is InChI=1S/C25H38N2O2/c1-17(27-16-19-11-9-13-21(23(19)29)25(5,6)7)14-26-15-18-10-8-12-20(22(18)28)24(2,3)4/h8-13,17,26-29H,14-16H2,1-7H3/t17-/m0/s1. The third-order valence-electron chi connectivity index (χ3n) is 5.26. The minimum Gasteiger partial charge on any atom is -0.507 e. The number of nitrogens with one attached hydrogen (secondary N) is 2. The van der Waals surface area contributed by atoms with Crippen molar-refractivity contribution in [1.29, 1.82) is 0 Å². The van der Waals surface area contributed by atoms with E-state index in [1.807, 2.05) is 36.4 Å². The fraction of sp³-hybridized carbons (Fsp3) is 0.520. The molecule has 0 heterocycles. The second kappa shape index (κ2) is 9.19. The average Bonchev–Trinajstić information content (AvgIpc) is 2.60. The summed E-state index contributed by atoms with van der Waals surface area (Å²) in [6.45, 7) is 16.7. The van der Waals surface area contributed by atoms with Crippen molar-refractivity contribution in [3.05, 3.63) is 58.7 Å². The largest absolute Gasteiger partial charge is 0.507 e. The third-order valence-corrected chi connectivity index (χ3v) is 5.26. The molecule has 0 radical (unpaired) electrons. The van der Waals surface area contributed by atoms with E-state index in [2.05, 4.69) is 59.1 Å². The molecule has 160 valence electrons. The van der Waals surface area contributed by atoms with Crippen molar-refractivity contribution in [3.8, 4) is 11.5 Å². The van der Waals surface area contributed by atoms with Gasteiger partial charge in [0.05, 0.1) is 0 Å². The number of rotatable bonds is 7. The predicted octanol–water partition coefficient (Wildman–Crippen LogP) is 4.96. The molecule has 4 N–H and O–H groups in total. The summed E-state index contributed by atoms with van der Waals surface area (Å²) in [5.74, 6) is 0.772. The van der Waals surface area contributed by atoms with Crippen molar-refractivity contribution >= 4 is 0 Å². The van der Waals surface area contributed by atoms with Gasteiger partial charge in [0.25, 0.3) is 0 Å². The van der Waals surface area contributed by atoms with Crippen LogP contribution >= 0.6 is 0 Å². The summed E-state index contributed by atoms with van der Waals surface area (Å²) in [4.78, 5) is 0. The van der Waals surface area contributed by atoms with Gasteiger partial charge < -0.3 is 20.8 Å². The molecular formula is C25H38N2O2. The highest BCUT2D eigenvalue weighted by Gasteiger charge is 2.20. The van der Waals surface area contributed by atoms with Crippen LogP contribution in [0.4, 0.5) is 0 Å². The Morgan fingerprint density at radius 3 is 1.66 bits per heavy atom. The maximum atomic E-state index is 10.6. The molecule has 0 bridgehead atoms. The van der Waals surface area contributed by atoms with Crippen LogP contribution in [0.1, 0.15) is 70.7 Å². The van der Waals surface area contributed by atoms with Crippen LogP contribution in [-0.4, -0.2) is 22.8 Å². The average molecular weight is 399 g/mol. The first-order valence-electron chi connectivity index (χ1n) is 10.5. The van der Waals surface area contributed by atoms with Crippen molar-refractivity contribution in [3.63, 3.8) is 0 Å². The van der Waals surface area contributed by atoms with Gasteiger partial charge in [0.15, 0.2) is 0 Å². The summed E-state index contributed by atoms with van der Waals surface area (Å²) in [5.41, 5.74) is 3.60. The Bertz CT molecular complexity index is 817. The van der Waals surface area contributed by atoms with Gasteiger partial charge in [0.2, 0.25) is 0 Å². The van der Waals surface area contributed by atoms with Gasteiger partial charge >= 0.3 is 0 Å². The minimum atomic E-state index is -0.0864. The molecule has 0 aliphatic carbocycles. The van der Waals surface area contributed by atoms with Gasteiger partial charge in [-0.05, 0) is 28.9 Å². The van der Waals surface area contributed by atoms with E-state index in [4.69, 9.17) is 0 Å². The number of phenolic OH excluding ortho intramolecular Hbond substituents is 2. The highest BCUT2D eigenvalue weighted by Crippen LogP contribution is 2.34. The van der Waals surface area contributed by atoms with Crippen molar-refractivity contribution in [2.24, 2.45) is 0 Å². The molecule has 4 heteroatoms. The monoisotopic (exact) mass is 398 g/mol. The summed E-state index contributed by atoms with van der Waals surface area (Å²) >= 11 is 0. The van der Waals surface area contributed by atoms with Gasteiger partial charge in [-0.2, -0.15) is 0 Å². The van der Waals surface area contributed by atoms with E-state index in [0.717, 1.165) is 28.8 Å². The van der Waals surface area contributed by atoms with E-state index in [1.165, 1.54) is 0 Å². The quantitative estimate of drug-likeness (QED) is 0.532. The smallest absolute Gasteiger partial charge is 0.123 e. The number of benzene rings is 2. The topological polar surface area (TPSA) is 64.5 Å². The Kier molecular flexibility index (Phi) is 7.36. The second-order valence-electron chi connectivity index (χ2n) is 10.0. The van der Waals surface area contributed by atoms with Crippen LogP contribution in [0.25, 0.3) is 0 Å². The summed E-state index contributed by atoms with van der Waals surface area (Å²) in [5, 5.41) is 28.1. The van der Waals surface area contributed by atoms with Gasteiger partial charge in [0, 0.05) is 36.8 Å². The molecule has 4 nitrogen and oxygen atoms in total. The Hall–Kier alpha value is -2.04. The maximum absolute atomic E-state index is 10.6. The lowest BCUT2D eigenvalue weighted by atomic mass is 9.85. The normalized spacial score (nSPS) is 13.5. The zero-order valence-corrected chi connectivity index (χ0v) is 19.1. The Morgan fingerprint density at radius 1 is 0.759 bits per heavy atom. The zero-order valence-electron chi connectivity index (χ0n) is 19.1. The molecule has 0 fully saturated rings. The molecule has 29 heavy (non-hydrogen) atoms. The first kappa shape index (κ1) is 23.2. The second-order valence-corrected chi connectivity index (χ2v) is 10.0. The van der Waals surface area contributed by atoms with Gasteiger partial charge in [0.1, 0.15) is 11.5 Å². The molecule has 0 aromatic heterocycles. The van der Waals surface area contributed by atoms with Gasteiger partial charge in [-0.25, -0.2) is 0 Å². The number of aromatic hydroxyl groups is 2. The lowest BCUT2D eigenvalue weighted by molar-refractivity contribution is 0.427. The minimum absolute atomic E-state index is 0.0848. The number of phenols is 2. The lowest BCUT2D eigenvalue weighted by Gasteiger charge is -2.23. The van der Waals surface area contributed by atoms with E-state index in [1.54, 1.807) is 0 Å². The summed E-state index contributed by atoms with van der Waals surface area (Å²) < 4.78 is 0. The summed E-state index contributed by atoms with van der Waals surface area (Å²) in [6, 6.07) is 12.1. The van der Waals surface area contributed by atoms with Gasteiger partial charge in [-0.1, -0.05) is 77.9 Å². The van der Waals surface area contributed by atoms with Crippen molar-refractivity contribution in [2.45, 2.75) is 78.4 Å². The fourth-order valence-corrected chi connectivity index (χ4v) is 3.46. The van der Waals surface area contributed by atoms with E-state index < -0.39 is 0 Å². The highest BCUT2D eigenvalue weighted by atomic mass is 16.3. The summed E-state index contributed by atoms with van der Waals surface area (Å²) in [7, 11) is 0. The molecule has 1 atom stereocenters. The van der Waals surface area contributed by atoms with Gasteiger partial charge in [-0.15, -0.1) is 0 Å². The number of hydrogen-bond donors (Lipinski definition) is 4. The van der Waals surface area contributed by atoms with Crippen LogP contribution < -0.4 is 10.6 Å². The van der Waals surface area contributed by atoms with Crippen molar-refractivity contribution in [1.82, 2.24) is 10.6 Å². The highest BCUT2D eigenvalue weighted by molar-refractivity contribution is 5.44. The maximum Gasteiger partial charge on any atom is 0.123 e. The molecular weight excluding hydrogens is 360 g/mol. The molecule has 0 saturated heterocycles. The van der Waals surface area contributed by atoms with Crippen LogP contribution in [-0.2, 0) is 23.9 Å². The molecule has 0 amide bonds. The molecule has 0 aliphatic heterocycles. The van der Waals surface area contributed by atoms with E-state index in [-0.39, 0.29) is 16.9 Å². The van der Waals surface area contributed by atoms with Crippen LogP contribution in [0.3, 0.4) is 0 Å². The predicted molar refractivity (Wildman–Crippen MR) is 122 cm³/mol. The van der Waals surface area contributed by atoms with Crippen LogP contribution in [0.15, 0.2) is 36.4 Å². The molecule has 0 saturated carbocycles. The Labute approximate surface area is 176 Å². The molecule has 0 unspecified atom stereocenters. The van der Waals surface area contributed by atoms with Crippen molar-refractivity contribution < 1.29 is 10.2 Å². The number of para-hydroxylation sites is 2. The molecule has 0 spiro atoms. The molecule has 2 rings (SSSR count). The Morgan fingerprint density at radius 2 is 1.21 bits per heavy atom. The molecule has 2 aromatic carbocycles. The van der Waals surface area contributed by atoms with Crippen LogP contribution in [0.2, 0.25) is 0 Å². The van der Waals surface area contributed by atoms with E-state index in [9.17, 15) is 10.2 Å². The third kappa shape index (κ3) is 6.22. The molecule has 0 aliphatic rings. The van der Waals surface area contributed by atoms with Crippen LogP contribution in [0.5, 0.6) is 11.5 Å².